The van der Waals surface area contributed by atoms with Gasteiger partial charge in [0.25, 0.3) is 0 Å². The van der Waals surface area contributed by atoms with Gasteiger partial charge in [-0.2, -0.15) is 0 Å². The number of rotatable bonds is 7. The fourth-order valence-electron chi connectivity index (χ4n) is 1.41. The van der Waals surface area contributed by atoms with Crippen molar-refractivity contribution in [3.8, 4) is 0 Å². The molecule has 0 fully saturated rings. The molecule has 0 saturated carbocycles. The molecule has 92 valence electrons. The van der Waals surface area contributed by atoms with Crippen molar-refractivity contribution in [1.29, 1.82) is 0 Å². The second-order valence-electron chi connectivity index (χ2n) is 4.61. The van der Waals surface area contributed by atoms with Gasteiger partial charge in [-0.15, -0.1) is 11.3 Å². The minimum atomic E-state index is -0.0168. The highest BCUT2D eigenvalue weighted by Gasteiger charge is 2.14. The molecular weight excluding hydrogens is 218 g/mol. The molecule has 2 nitrogen and oxygen atoms in total. The summed E-state index contributed by atoms with van der Waals surface area (Å²) in [6, 6.07) is 4.44. The molecule has 0 atom stereocenters. The Morgan fingerprint density at radius 2 is 2.00 bits per heavy atom. The van der Waals surface area contributed by atoms with Gasteiger partial charge in [0.2, 0.25) is 0 Å². The van der Waals surface area contributed by atoms with Gasteiger partial charge in [-0.3, -0.25) is 0 Å². The van der Waals surface area contributed by atoms with Crippen LogP contribution in [0.4, 0.5) is 0 Å². The van der Waals surface area contributed by atoms with Crippen LogP contribution in [0.25, 0.3) is 0 Å². The molecule has 0 unspecified atom stereocenters. The zero-order valence-electron chi connectivity index (χ0n) is 10.8. The van der Waals surface area contributed by atoms with Gasteiger partial charge >= 0.3 is 0 Å². The summed E-state index contributed by atoms with van der Waals surface area (Å²) >= 11 is 1.90. The van der Waals surface area contributed by atoms with Gasteiger partial charge in [0.05, 0.1) is 5.60 Å². The first kappa shape index (κ1) is 13.7. The topological polar surface area (TPSA) is 21.3 Å². The predicted octanol–water partition coefficient (Wildman–Crippen LogP) is 3.22. The van der Waals surface area contributed by atoms with Gasteiger partial charge in [0, 0.05) is 23.4 Å². The highest BCUT2D eigenvalue weighted by molar-refractivity contribution is 7.11. The summed E-state index contributed by atoms with van der Waals surface area (Å²) in [5.41, 5.74) is -0.0168. The summed E-state index contributed by atoms with van der Waals surface area (Å²) in [7, 11) is 1.77. The average molecular weight is 241 g/mol. The van der Waals surface area contributed by atoms with Crippen LogP contribution in [-0.4, -0.2) is 19.3 Å². The van der Waals surface area contributed by atoms with Crippen molar-refractivity contribution < 1.29 is 4.74 Å². The van der Waals surface area contributed by atoms with E-state index in [0.29, 0.717) is 0 Å². The molecule has 1 heterocycles. The van der Waals surface area contributed by atoms with E-state index in [0.717, 1.165) is 25.9 Å². The Morgan fingerprint density at radius 1 is 1.31 bits per heavy atom. The summed E-state index contributed by atoms with van der Waals surface area (Å²) in [6.45, 7) is 8.42. The summed E-state index contributed by atoms with van der Waals surface area (Å²) in [5.74, 6) is 0. The number of methoxy groups -OCH3 is 1. The van der Waals surface area contributed by atoms with Crippen molar-refractivity contribution in [2.24, 2.45) is 0 Å². The van der Waals surface area contributed by atoms with E-state index >= 15 is 0 Å². The van der Waals surface area contributed by atoms with Gasteiger partial charge in [0.15, 0.2) is 0 Å². The Morgan fingerprint density at radius 3 is 2.56 bits per heavy atom. The molecule has 0 amide bonds. The third-order valence-electron chi connectivity index (χ3n) is 2.82. The number of ether oxygens (including phenoxy) is 1. The first-order valence-electron chi connectivity index (χ1n) is 5.91. The van der Waals surface area contributed by atoms with E-state index in [1.807, 2.05) is 11.3 Å². The number of hydrogen-bond donors (Lipinski definition) is 1. The molecule has 0 spiro atoms. The molecule has 0 aliphatic rings. The Kier molecular flexibility index (Phi) is 5.46. The lowest BCUT2D eigenvalue weighted by Crippen LogP contribution is -2.28. The molecule has 1 aromatic heterocycles. The molecule has 0 saturated heterocycles. The van der Waals surface area contributed by atoms with Crippen LogP contribution >= 0.6 is 11.3 Å². The Balaban J connectivity index is 2.20. The van der Waals surface area contributed by atoms with E-state index < -0.39 is 0 Å². The summed E-state index contributed by atoms with van der Waals surface area (Å²) in [5, 5.41) is 3.46. The van der Waals surface area contributed by atoms with Crippen molar-refractivity contribution in [2.75, 3.05) is 13.7 Å². The first-order chi connectivity index (χ1) is 7.57. The third-order valence-corrected chi connectivity index (χ3v) is 4.05. The minimum absolute atomic E-state index is 0.0168. The van der Waals surface area contributed by atoms with Gasteiger partial charge < -0.3 is 10.1 Å². The number of hydrogen-bond acceptors (Lipinski definition) is 3. The van der Waals surface area contributed by atoms with Crippen LogP contribution in [0.1, 0.15) is 36.9 Å². The normalized spacial score (nSPS) is 12.0. The molecule has 16 heavy (non-hydrogen) atoms. The molecule has 1 rings (SSSR count). The van der Waals surface area contributed by atoms with Crippen molar-refractivity contribution in [3.63, 3.8) is 0 Å². The van der Waals surface area contributed by atoms with E-state index in [1.165, 1.54) is 9.75 Å². The van der Waals surface area contributed by atoms with E-state index in [1.54, 1.807) is 7.11 Å². The predicted molar refractivity (Wildman–Crippen MR) is 71.1 cm³/mol. The molecule has 1 N–H and O–H groups in total. The maximum absolute atomic E-state index is 5.37. The molecule has 0 aliphatic carbocycles. The molecule has 3 heteroatoms. The van der Waals surface area contributed by atoms with Gasteiger partial charge in [-0.25, -0.2) is 0 Å². The molecule has 0 aromatic carbocycles. The highest BCUT2D eigenvalue weighted by atomic mass is 32.1. The minimum Gasteiger partial charge on any atom is -0.379 e. The van der Waals surface area contributed by atoms with Gasteiger partial charge in [0.1, 0.15) is 0 Å². The molecule has 1 aromatic rings. The summed E-state index contributed by atoms with van der Waals surface area (Å²) in [4.78, 5) is 2.89. The smallest absolute Gasteiger partial charge is 0.0634 e. The maximum atomic E-state index is 5.37. The third kappa shape index (κ3) is 4.64. The second kappa shape index (κ2) is 6.38. The van der Waals surface area contributed by atoms with Crippen LogP contribution in [0.15, 0.2) is 12.1 Å². The average Bonchev–Trinajstić information content (AvgIpc) is 2.72. The quantitative estimate of drug-likeness (QED) is 0.740. The fraction of sp³-hybridized carbons (Fsp3) is 0.692. The van der Waals surface area contributed by atoms with Crippen LogP contribution in [0.3, 0.4) is 0 Å². The standard InChI is InChI=1S/C13H23NOS/c1-5-11-6-7-12(16-11)10-14-9-8-13(2,3)15-4/h6-7,14H,5,8-10H2,1-4H3. The molecule has 0 aliphatic heterocycles. The first-order valence-corrected chi connectivity index (χ1v) is 6.72. The van der Waals surface area contributed by atoms with Crippen LogP contribution in [0, 0.1) is 0 Å². The van der Waals surface area contributed by atoms with E-state index in [4.69, 9.17) is 4.74 Å². The van der Waals surface area contributed by atoms with Crippen LogP contribution in [0.2, 0.25) is 0 Å². The number of thiophene rings is 1. The van der Waals surface area contributed by atoms with E-state index in [9.17, 15) is 0 Å². The van der Waals surface area contributed by atoms with Crippen molar-refractivity contribution in [1.82, 2.24) is 5.32 Å². The van der Waals surface area contributed by atoms with Crippen molar-refractivity contribution in [2.45, 2.75) is 45.8 Å². The Hall–Kier alpha value is -0.380. The largest absolute Gasteiger partial charge is 0.379 e. The zero-order chi connectivity index (χ0) is 12.0. The van der Waals surface area contributed by atoms with E-state index in [2.05, 4.69) is 38.2 Å². The maximum Gasteiger partial charge on any atom is 0.0634 e. The monoisotopic (exact) mass is 241 g/mol. The van der Waals surface area contributed by atoms with Crippen molar-refractivity contribution >= 4 is 11.3 Å². The number of aryl methyl sites for hydroxylation is 1. The second-order valence-corrected chi connectivity index (χ2v) is 5.87. The lowest BCUT2D eigenvalue weighted by atomic mass is 10.1. The lowest BCUT2D eigenvalue weighted by Gasteiger charge is -2.22. The van der Waals surface area contributed by atoms with Crippen LogP contribution in [-0.2, 0) is 17.7 Å². The SMILES string of the molecule is CCc1ccc(CNCCC(C)(C)OC)s1. The van der Waals surface area contributed by atoms with Crippen LogP contribution in [0.5, 0.6) is 0 Å². The fourth-order valence-corrected chi connectivity index (χ4v) is 2.34. The zero-order valence-corrected chi connectivity index (χ0v) is 11.6. The lowest BCUT2D eigenvalue weighted by molar-refractivity contribution is 0.0158. The van der Waals surface area contributed by atoms with Crippen LogP contribution < -0.4 is 5.32 Å². The summed E-state index contributed by atoms with van der Waals surface area (Å²) in [6.07, 6.45) is 2.18. The van der Waals surface area contributed by atoms with Gasteiger partial charge in [-0.05, 0) is 45.4 Å². The molecule has 0 bridgehead atoms. The molecular formula is C13H23NOS. The van der Waals surface area contributed by atoms with Crippen molar-refractivity contribution in [3.05, 3.63) is 21.9 Å². The Labute approximate surface area is 103 Å². The Bertz CT molecular complexity index is 307. The molecule has 0 radical (unpaired) electrons. The number of nitrogens with one attached hydrogen (secondary N) is 1. The van der Waals surface area contributed by atoms with Gasteiger partial charge in [-0.1, -0.05) is 6.92 Å². The highest BCUT2D eigenvalue weighted by Crippen LogP contribution is 2.17. The van der Waals surface area contributed by atoms with E-state index in [-0.39, 0.29) is 5.60 Å². The summed E-state index contributed by atoms with van der Waals surface area (Å²) < 4.78 is 5.37.